The minimum atomic E-state index is 0.213. The first-order chi connectivity index (χ1) is 7.14. The largest absolute Gasteiger partial charge is 0.311 e. The maximum atomic E-state index is 3.61. The number of hydrogen-bond donors (Lipinski definition) is 1. The molecule has 1 atom stereocenters. The van der Waals surface area contributed by atoms with Gasteiger partial charge in [0.15, 0.2) is 0 Å². The zero-order valence-electron chi connectivity index (χ0n) is 12.6. The molecule has 98 valence electrons. The van der Waals surface area contributed by atoms with E-state index in [1.54, 1.807) is 0 Å². The van der Waals surface area contributed by atoms with Gasteiger partial charge < -0.3 is 5.32 Å². The Labute approximate surface area is 103 Å². The van der Waals surface area contributed by atoms with Gasteiger partial charge in [-0.3, -0.25) is 4.90 Å². The SMILES string of the molecule is CCC(CNC(C)(C)C)N(C)C(C)(C)CC. The predicted molar refractivity (Wildman–Crippen MR) is 74.0 cm³/mol. The van der Waals surface area contributed by atoms with Crippen LogP contribution < -0.4 is 5.32 Å². The summed E-state index contributed by atoms with van der Waals surface area (Å²) < 4.78 is 0. The molecular weight excluding hydrogens is 196 g/mol. The second-order valence-electron chi connectivity index (χ2n) is 6.47. The van der Waals surface area contributed by atoms with Crippen molar-refractivity contribution in [1.29, 1.82) is 0 Å². The second kappa shape index (κ2) is 6.02. The van der Waals surface area contributed by atoms with Crippen molar-refractivity contribution in [1.82, 2.24) is 10.2 Å². The fourth-order valence-electron chi connectivity index (χ4n) is 1.72. The van der Waals surface area contributed by atoms with Crippen LogP contribution >= 0.6 is 0 Å². The van der Waals surface area contributed by atoms with Crippen LogP contribution in [0.2, 0.25) is 0 Å². The van der Waals surface area contributed by atoms with Gasteiger partial charge in [-0.15, -0.1) is 0 Å². The molecule has 16 heavy (non-hydrogen) atoms. The lowest BCUT2D eigenvalue weighted by molar-refractivity contribution is 0.0895. The highest BCUT2D eigenvalue weighted by molar-refractivity contribution is 4.85. The summed E-state index contributed by atoms with van der Waals surface area (Å²) in [4.78, 5) is 2.52. The van der Waals surface area contributed by atoms with Crippen molar-refractivity contribution in [3.05, 3.63) is 0 Å². The smallest absolute Gasteiger partial charge is 0.0220 e. The van der Waals surface area contributed by atoms with Crippen molar-refractivity contribution in [3.8, 4) is 0 Å². The summed E-state index contributed by atoms with van der Waals surface area (Å²) in [5, 5.41) is 3.61. The number of likely N-dealkylation sites (N-methyl/N-ethyl adjacent to an activating group) is 1. The average Bonchev–Trinajstić information content (AvgIpc) is 2.16. The number of nitrogens with zero attached hydrogens (tertiary/aromatic N) is 1. The standard InChI is InChI=1S/C14H32N2/c1-9-12(11-15-13(3,4)5)16(8)14(6,7)10-2/h12,15H,9-11H2,1-8H3. The van der Waals surface area contributed by atoms with E-state index < -0.39 is 0 Å². The van der Waals surface area contributed by atoms with Crippen molar-refractivity contribution in [3.63, 3.8) is 0 Å². The van der Waals surface area contributed by atoms with Gasteiger partial charge in [-0.25, -0.2) is 0 Å². The molecule has 1 unspecified atom stereocenters. The molecule has 2 nitrogen and oxygen atoms in total. The molecule has 0 bridgehead atoms. The third kappa shape index (κ3) is 5.31. The lowest BCUT2D eigenvalue weighted by Crippen LogP contribution is -2.52. The zero-order valence-corrected chi connectivity index (χ0v) is 12.6. The molecular formula is C14H32N2. The van der Waals surface area contributed by atoms with Gasteiger partial charge in [0.05, 0.1) is 0 Å². The summed E-state index contributed by atoms with van der Waals surface area (Å²) in [7, 11) is 2.25. The van der Waals surface area contributed by atoms with E-state index >= 15 is 0 Å². The molecule has 0 aromatic carbocycles. The molecule has 0 spiro atoms. The topological polar surface area (TPSA) is 15.3 Å². The molecule has 0 radical (unpaired) electrons. The highest BCUT2D eigenvalue weighted by Gasteiger charge is 2.27. The van der Waals surface area contributed by atoms with E-state index in [9.17, 15) is 0 Å². The van der Waals surface area contributed by atoms with Crippen LogP contribution in [0.3, 0.4) is 0 Å². The molecule has 1 N–H and O–H groups in total. The van der Waals surface area contributed by atoms with Crippen LogP contribution in [0.15, 0.2) is 0 Å². The van der Waals surface area contributed by atoms with Gasteiger partial charge in [-0.05, 0) is 54.5 Å². The van der Waals surface area contributed by atoms with Crippen molar-refractivity contribution in [2.75, 3.05) is 13.6 Å². The van der Waals surface area contributed by atoms with Gasteiger partial charge in [-0.1, -0.05) is 13.8 Å². The molecule has 0 fully saturated rings. The molecule has 0 aliphatic heterocycles. The van der Waals surface area contributed by atoms with E-state index in [0.29, 0.717) is 11.6 Å². The summed E-state index contributed by atoms with van der Waals surface area (Å²) in [6.45, 7) is 16.9. The quantitative estimate of drug-likeness (QED) is 0.750. The van der Waals surface area contributed by atoms with E-state index in [1.807, 2.05) is 0 Å². The molecule has 0 heterocycles. The van der Waals surface area contributed by atoms with Crippen LogP contribution in [-0.4, -0.2) is 35.6 Å². The van der Waals surface area contributed by atoms with Gasteiger partial charge in [0.1, 0.15) is 0 Å². The first-order valence-electron chi connectivity index (χ1n) is 6.62. The maximum Gasteiger partial charge on any atom is 0.0220 e. The van der Waals surface area contributed by atoms with E-state index in [1.165, 1.54) is 12.8 Å². The van der Waals surface area contributed by atoms with Crippen molar-refractivity contribution in [2.45, 2.75) is 78.4 Å². The van der Waals surface area contributed by atoms with Crippen LogP contribution in [0.5, 0.6) is 0 Å². The van der Waals surface area contributed by atoms with Crippen LogP contribution in [0, 0.1) is 0 Å². The zero-order chi connectivity index (χ0) is 13.0. The van der Waals surface area contributed by atoms with Gasteiger partial charge in [0.2, 0.25) is 0 Å². The van der Waals surface area contributed by atoms with Crippen LogP contribution in [0.4, 0.5) is 0 Å². The third-order valence-corrected chi connectivity index (χ3v) is 3.71. The number of rotatable bonds is 6. The normalized spacial score (nSPS) is 15.6. The Morgan fingerprint density at radius 3 is 1.88 bits per heavy atom. The lowest BCUT2D eigenvalue weighted by Gasteiger charge is -2.41. The van der Waals surface area contributed by atoms with Gasteiger partial charge >= 0.3 is 0 Å². The summed E-state index contributed by atoms with van der Waals surface area (Å²) in [6.07, 6.45) is 2.39. The summed E-state index contributed by atoms with van der Waals surface area (Å²) >= 11 is 0. The van der Waals surface area contributed by atoms with Crippen molar-refractivity contribution >= 4 is 0 Å². The Morgan fingerprint density at radius 1 is 1.06 bits per heavy atom. The molecule has 0 saturated carbocycles. The molecule has 0 saturated heterocycles. The third-order valence-electron chi connectivity index (χ3n) is 3.71. The van der Waals surface area contributed by atoms with Gasteiger partial charge in [-0.2, -0.15) is 0 Å². The fourth-order valence-corrected chi connectivity index (χ4v) is 1.72. The Morgan fingerprint density at radius 2 is 1.56 bits per heavy atom. The van der Waals surface area contributed by atoms with E-state index in [2.05, 4.69) is 65.7 Å². The first-order valence-corrected chi connectivity index (χ1v) is 6.62. The minimum Gasteiger partial charge on any atom is -0.311 e. The van der Waals surface area contributed by atoms with Crippen molar-refractivity contribution in [2.24, 2.45) is 0 Å². The lowest BCUT2D eigenvalue weighted by atomic mass is 9.96. The average molecular weight is 228 g/mol. The molecule has 0 aromatic rings. The fraction of sp³-hybridized carbons (Fsp3) is 1.00. The Kier molecular flexibility index (Phi) is 5.99. The molecule has 2 heteroatoms. The minimum absolute atomic E-state index is 0.213. The Bertz CT molecular complexity index is 191. The second-order valence-corrected chi connectivity index (χ2v) is 6.47. The van der Waals surface area contributed by atoms with Crippen LogP contribution in [-0.2, 0) is 0 Å². The molecule has 0 amide bonds. The molecule has 0 rings (SSSR count). The highest BCUT2D eigenvalue weighted by Crippen LogP contribution is 2.20. The number of nitrogens with one attached hydrogen (secondary N) is 1. The summed E-state index contributed by atoms with van der Waals surface area (Å²) in [5.74, 6) is 0. The van der Waals surface area contributed by atoms with Gasteiger partial charge in [0, 0.05) is 23.7 Å². The Balaban J connectivity index is 4.39. The van der Waals surface area contributed by atoms with E-state index in [-0.39, 0.29) is 5.54 Å². The van der Waals surface area contributed by atoms with Crippen LogP contribution in [0.1, 0.15) is 61.3 Å². The molecule has 0 aromatic heterocycles. The monoisotopic (exact) mass is 228 g/mol. The summed E-state index contributed by atoms with van der Waals surface area (Å²) in [6, 6.07) is 0.620. The van der Waals surface area contributed by atoms with E-state index in [4.69, 9.17) is 0 Å². The van der Waals surface area contributed by atoms with Crippen molar-refractivity contribution < 1.29 is 0 Å². The predicted octanol–water partition coefficient (Wildman–Crippen LogP) is 3.27. The first kappa shape index (κ1) is 15.9. The highest BCUT2D eigenvalue weighted by atomic mass is 15.2. The van der Waals surface area contributed by atoms with Crippen LogP contribution in [0.25, 0.3) is 0 Å². The number of hydrogen-bond acceptors (Lipinski definition) is 2. The Hall–Kier alpha value is -0.0800. The molecule has 0 aliphatic rings. The molecule has 0 aliphatic carbocycles. The van der Waals surface area contributed by atoms with E-state index in [0.717, 1.165) is 6.54 Å². The summed E-state index contributed by atoms with van der Waals surface area (Å²) in [5.41, 5.74) is 0.505. The maximum absolute atomic E-state index is 3.61. The van der Waals surface area contributed by atoms with Gasteiger partial charge in [0.25, 0.3) is 0 Å².